The molecule has 1 amide bonds. The Labute approximate surface area is 121 Å². The summed E-state index contributed by atoms with van der Waals surface area (Å²) in [6, 6.07) is -0.236. The molecule has 0 spiro atoms. The maximum absolute atomic E-state index is 12.1. The van der Waals surface area contributed by atoms with Gasteiger partial charge in [-0.2, -0.15) is 5.10 Å². The molecule has 0 fully saturated rings. The van der Waals surface area contributed by atoms with Gasteiger partial charge < -0.3 is 10.4 Å². The highest BCUT2D eigenvalue weighted by Gasteiger charge is 2.30. The van der Waals surface area contributed by atoms with Gasteiger partial charge in [0.05, 0.1) is 4.92 Å². The van der Waals surface area contributed by atoms with Crippen molar-refractivity contribution in [3.05, 3.63) is 33.7 Å². The number of hydrogen-bond donors (Lipinski definition) is 3. The van der Waals surface area contributed by atoms with E-state index in [4.69, 9.17) is 5.11 Å². The lowest BCUT2D eigenvalue weighted by atomic mass is 10.1. The number of carbonyl (C=O) groups excluding carboxylic acids is 1. The second-order valence-electron chi connectivity index (χ2n) is 5.05. The van der Waals surface area contributed by atoms with Crippen LogP contribution in [0.3, 0.4) is 0 Å². The molecule has 0 radical (unpaired) electrons. The summed E-state index contributed by atoms with van der Waals surface area (Å²) in [5, 5.41) is 29.2. The van der Waals surface area contributed by atoms with E-state index in [-0.39, 0.29) is 29.9 Å². The molecular formula is C13H18N4O4. The SMILES string of the molecule is CCCc1[nH]nc(C(=O)N[C@@H]2C=C[C@H](CO)C2)c1[N+](=O)[O-]. The summed E-state index contributed by atoms with van der Waals surface area (Å²) < 4.78 is 0. The number of nitrogens with zero attached hydrogens (tertiary/aromatic N) is 2. The van der Waals surface area contributed by atoms with Crippen molar-refractivity contribution in [2.24, 2.45) is 5.92 Å². The van der Waals surface area contributed by atoms with Crippen molar-refractivity contribution in [3.63, 3.8) is 0 Å². The number of aromatic amines is 1. The average Bonchev–Trinajstić information content (AvgIpc) is 3.05. The van der Waals surface area contributed by atoms with Crippen molar-refractivity contribution >= 4 is 11.6 Å². The average molecular weight is 294 g/mol. The molecule has 1 heterocycles. The van der Waals surface area contributed by atoms with Crippen LogP contribution in [-0.4, -0.2) is 38.8 Å². The van der Waals surface area contributed by atoms with Gasteiger partial charge in [-0.15, -0.1) is 0 Å². The maximum Gasteiger partial charge on any atom is 0.322 e. The van der Waals surface area contributed by atoms with Crippen LogP contribution in [0.2, 0.25) is 0 Å². The molecule has 1 aromatic heterocycles. The molecule has 0 saturated carbocycles. The molecule has 1 aliphatic carbocycles. The van der Waals surface area contributed by atoms with Crippen LogP contribution in [0.15, 0.2) is 12.2 Å². The van der Waals surface area contributed by atoms with Crippen LogP contribution >= 0.6 is 0 Å². The number of aryl methyl sites for hydroxylation is 1. The van der Waals surface area contributed by atoms with Crippen molar-refractivity contribution in [1.29, 1.82) is 0 Å². The van der Waals surface area contributed by atoms with Gasteiger partial charge in [0.1, 0.15) is 5.69 Å². The molecule has 0 bridgehead atoms. The van der Waals surface area contributed by atoms with Gasteiger partial charge >= 0.3 is 5.69 Å². The van der Waals surface area contributed by atoms with Crippen LogP contribution in [0.4, 0.5) is 5.69 Å². The third kappa shape index (κ3) is 3.27. The first-order valence-corrected chi connectivity index (χ1v) is 6.88. The van der Waals surface area contributed by atoms with Gasteiger partial charge in [0.15, 0.2) is 0 Å². The standard InChI is InChI=1S/C13H18N4O4/c1-2-3-10-12(17(20)21)11(16-15-10)13(19)14-9-5-4-8(6-9)7-18/h4-5,8-9,18H,2-3,6-7H2,1H3,(H,14,19)(H,15,16)/t8-,9+/m0/s1. The van der Waals surface area contributed by atoms with Crippen molar-refractivity contribution in [1.82, 2.24) is 15.5 Å². The number of nitrogens with one attached hydrogen (secondary N) is 2. The Balaban J connectivity index is 2.12. The molecule has 8 heteroatoms. The molecule has 3 N–H and O–H groups in total. The number of aliphatic hydroxyl groups is 1. The zero-order chi connectivity index (χ0) is 15.4. The van der Waals surface area contributed by atoms with Crippen molar-refractivity contribution in [2.45, 2.75) is 32.2 Å². The zero-order valence-electron chi connectivity index (χ0n) is 11.7. The fourth-order valence-electron chi connectivity index (χ4n) is 2.41. The van der Waals surface area contributed by atoms with Gasteiger partial charge in [-0.3, -0.25) is 20.0 Å². The van der Waals surface area contributed by atoms with Gasteiger partial charge in [-0.25, -0.2) is 0 Å². The van der Waals surface area contributed by atoms with Gasteiger partial charge in [0.2, 0.25) is 5.69 Å². The molecule has 21 heavy (non-hydrogen) atoms. The summed E-state index contributed by atoms with van der Waals surface area (Å²) in [5.41, 5.74) is -0.0813. The Kier molecular flexibility index (Phi) is 4.69. The van der Waals surface area contributed by atoms with E-state index in [1.165, 1.54) is 0 Å². The number of carbonyl (C=O) groups is 1. The summed E-state index contributed by atoms with van der Waals surface area (Å²) in [6.07, 6.45) is 5.37. The first-order chi connectivity index (χ1) is 10.1. The van der Waals surface area contributed by atoms with Crippen molar-refractivity contribution in [2.75, 3.05) is 6.61 Å². The topological polar surface area (TPSA) is 121 Å². The molecule has 114 valence electrons. The van der Waals surface area contributed by atoms with Gasteiger partial charge in [-0.1, -0.05) is 25.5 Å². The van der Waals surface area contributed by atoms with Crippen LogP contribution < -0.4 is 5.32 Å². The molecule has 1 aromatic rings. The van der Waals surface area contributed by atoms with Crippen molar-refractivity contribution < 1.29 is 14.8 Å². The molecule has 1 aliphatic rings. The quantitative estimate of drug-likeness (QED) is 0.409. The minimum atomic E-state index is -0.579. The van der Waals surface area contributed by atoms with E-state index in [2.05, 4.69) is 15.5 Å². The fraction of sp³-hybridized carbons (Fsp3) is 0.538. The van der Waals surface area contributed by atoms with Gasteiger partial charge in [-0.05, 0) is 12.8 Å². The van der Waals surface area contributed by atoms with E-state index in [1.54, 1.807) is 6.08 Å². The summed E-state index contributed by atoms with van der Waals surface area (Å²) in [7, 11) is 0. The number of hydrogen-bond acceptors (Lipinski definition) is 5. The van der Waals surface area contributed by atoms with Gasteiger partial charge in [0.25, 0.3) is 5.91 Å². The second-order valence-corrected chi connectivity index (χ2v) is 5.05. The van der Waals surface area contributed by atoms with Crippen LogP contribution in [0.1, 0.15) is 35.9 Å². The largest absolute Gasteiger partial charge is 0.396 e. The minimum absolute atomic E-state index is 0.0140. The van der Waals surface area contributed by atoms with Crippen LogP contribution in [0.5, 0.6) is 0 Å². The third-order valence-corrected chi connectivity index (χ3v) is 3.43. The Hall–Kier alpha value is -2.22. The van der Waals surface area contributed by atoms with Crippen LogP contribution in [-0.2, 0) is 6.42 Å². The minimum Gasteiger partial charge on any atom is -0.396 e. The molecular weight excluding hydrogens is 276 g/mol. The third-order valence-electron chi connectivity index (χ3n) is 3.43. The Bertz CT molecular complexity index is 567. The molecule has 0 unspecified atom stereocenters. The summed E-state index contributed by atoms with van der Waals surface area (Å²) in [6.45, 7) is 1.91. The Morgan fingerprint density at radius 1 is 1.62 bits per heavy atom. The highest BCUT2D eigenvalue weighted by atomic mass is 16.6. The van der Waals surface area contributed by atoms with Gasteiger partial charge in [0, 0.05) is 18.6 Å². The smallest absolute Gasteiger partial charge is 0.322 e. The molecule has 0 aliphatic heterocycles. The molecule has 2 atom stereocenters. The van der Waals surface area contributed by atoms with E-state index in [0.29, 0.717) is 25.0 Å². The number of aliphatic hydroxyl groups excluding tert-OH is 1. The van der Waals surface area contributed by atoms with E-state index >= 15 is 0 Å². The number of rotatable bonds is 6. The van der Waals surface area contributed by atoms with E-state index < -0.39 is 10.8 Å². The van der Waals surface area contributed by atoms with Crippen molar-refractivity contribution in [3.8, 4) is 0 Å². The Morgan fingerprint density at radius 3 is 2.95 bits per heavy atom. The number of amides is 1. The molecule has 0 aromatic carbocycles. The highest BCUT2D eigenvalue weighted by Crippen LogP contribution is 2.23. The fourth-order valence-corrected chi connectivity index (χ4v) is 2.41. The first kappa shape index (κ1) is 15.2. The molecule has 2 rings (SSSR count). The number of aromatic nitrogens is 2. The Morgan fingerprint density at radius 2 is 2.38 bits per heavy atom. The molecule has 8 nitrogen and oxygen atoms in total. The molecule has 0 saturated heterocycles. The predicted octanol–water partition coefficient (Wildman–Crippen LogP) is 0.937. The lowest BCUT2D eigenvalue weighted by Crippen LogP contribution is -2.33. The van der Waals surface area contributed by atoms with Crippen LogP contribution in [0.25, 0.3) is 0 Å². The van der Waals surface area contributed by atoms with E-state index in [0.717, 1.165) is 0 Å². The normalized spacial score (nSPS) is 20.7. The summed E-state index contributed by atoms with van der Waals surface area (Å²) in [4.78, 5) is 22.7. The van der Waals surface area contributed by atoms with E-state index in [9.17, 15) is 14.9 Å². The predicted molar refractivity (Wildman–Crippen MR) is 74.8 cm³/mol. The first-order valence-electron chi connectivity index (χ1n) is 6.88. The lowest BCUT2D eigenvalue weighted by Gasteiger charge is -2.11. The van der Waals surface area contributed by atoms with Crippen LogP contribution in [0, 0.1) is 16.0 Å². The monoisotopic (exact) mass is 294 g/mol. The second kappa shape index (κ2) is 6.49. The number of nitro groups is 1. The highest BCUT2D eigenvalue weighted by molar-refractivity contribution is 5.96. The summed E-state index contributed by atoms with van der Waals surface area (Å²) >= 11 is 0. The lowest BCUT2D eigenvalue weighted by molar-refractivity contribution is -0.385. The zero-order valence-corrected chi connectivity index (χ0v) is 11.7. The van der Waals surface area contributed by atoms with E-state index in [1.807, 2.05) is 13.0 Å². The maximum atomic E-state index is 12.1. The summed E-state index contributed by atoms with van der Waals surface area (Å²) in [5.74, 6) is -0.561. The number of H-pyrrole nitrogens is 1.